The lowest BCUT2D eigenvalue weighted by Crippen LogP contribution is -2.33. The van der Waals surface area contributed by atoms with Crippen LogP contribution in [0, 0.1) is 10.1 Å². The van der Waals surface area contributed by atoms with Crippen LogP contribution in [0.3, 0.4) is 0 Å². The van der Waals surface area contributed by atoms with Crippen molar-refractivity contribution in [2.45, 2.75) is 19.3 Å². The van der Waals surface area contributed by atoms with E-state index in [-0.39, 0.29) is 5.69 Å². The normalized spacial score (nSPS) is 16.2. The maximum atomic E-state index is 10.9. The third-order valence-electron chi connectivity index (χ3n) is 3.33. The first-order valence-corrected chi connectivity index (χ1v) is 6.52. The molecule has 0 amide bonds. The van der Waals surface area contributed by atoms with Gasteiger partial charge in [-0.2, -0.15) is 0 Å². The quantitative estimate of drug-likeness (QED) is 0.618. The largest absolute Gasteiger partial charge is 0.396 e. The van der Waals surface area contributed by atoms with Crippen LogP contribution < -0.4 is 11.1 Å². The Morgan fingerprint density at radius 2 is 2.11 bits per heavy atom. The van der Waals surface area contributed by atoms with Crippen LogP contribution >= 0.6 is 0 Å². The second-order valence-electron chi connectivity index (χ2n) is 4.71. The summed E-state index contributed by atoms with van der Waals surface area (Å²) in [5.74, 6) is 0. The summed E-state index contributed by atoms with van der Waals surface area (Å²) in [7, 11) is 0. The van der Waals surface area contributed by atoms with Crippen molar-refractivity contribution in [3.05, 3.63) is 22.5 Å². The summed E-state index contributed by atoms with van der Waals surface area (Å²) < 4.78 is 0. The van der Waals surface area contributed by atoms with Gasteiger partial charge in [0.2, 0.25) is 0 Å². The van der Waals surface area contributed by atoms with E-state index in [0.29, 0.717) is 17.9 Å². The van der Waals surface area contributed by atoms with Crippen molar-refractivity contribution >= 4 is 17.1 Å². The van der Waals surface area contributed by atoms with Crippen LogP contribution in [0.15, 0.2) is 12.4 Å². The molecule has 0 saturated carbocycles. The van der Waals surface area contributed by atoms with Gasteiger partial charge < -0.3 is 16.0 Å². The third kappa shape index (κ3) is 3.54. The minimum Gasteiger partial charge on any atom is -0.396 e. The Kier molecular flexibility index (Phi) is 4.51. The Bertz CT molecular complexity index is 446. The van der Waals surface area contributed by atoms with E-state index in [1.807, 2.05) is 0 Å². The van der Waals surface area contributed by atoms with Crippen LogP contribution in [0.4, 0.5) is 17.1 Å². The maximum Gasteiger partial charge on any atom is 0.312 e. The number of nitrogens with one attached hydrogen (secondary N) is 1. The first kappa shape index (κ1) is 13.5. The van der Waals surface area contributed by atoms with Crippen molar-refractivity contribution in [1.29, 1.82) is 0 Å². The van der Waals surface area contributed by atoms with E-state index in [1.54, 1.807) is 0 Å². The SMILES string of the molecule is Nc1cncc([N+](=O)[O-])c1NCCN1CCCCC1. The maximum absolute atomic E-state index is 10.9. The predicted octanol–water partition coefficient (Wildman–Crippen LogP) is 1.47. The second kappa shape index (κ2) is 6.33. The van der Waals surface area contributed by atoms with Crippen LogP contribution in [0.25, 0.3) is 0 Å². The molecule has 1 aliphatic heterocycles. The highest BCUT2D eigenvalue weighted by atomic mass is 16.6. The zero-order valence-corrected chi connectivity index (χ0v) is 10.8. The van der Waals surface area contributed by atoms with Crippen molar-refractivity contribution < 1.29 is 4.92 Å². The molecule has 0 unspecified atom stereocenters. The standard InChI is InChI=1S/C12H19N5O2/c13-10-8-14-9-11(17(18)19)12(10)15-4-7-16-5-2-1-3-6-16/h8-9H,1-7,13H2,(H,14,15). The van der Waals surface area contributed by atoms with Crippen LogP contribution in [-0.4, -0.2) is 41.0 Å². The van der Waals surface area contributed by atoms with Crippen LogP contribution in [-0.2, 0) is 0 Å². The Balaban J connectivity index is 1.93. The summed E-state index contributed by atoms with van der Waals surface area (Å²) in [6.07, 6.45) is 6.41. The summed E-state index contributed by atoms with van der Waals surface area (Å²) >= 11 is 0. The predicted molar refractivity (Wildman–Crippen MR) is 74.1 cm³/mol. The summed E-state index contributed by atoms with van der Waals surface area (Å²) in [5, 5.41) is 14.0. The molecule has 7 nitrogen and oxygen atoms in total. The summed E-state index contributed by atoms with van der Waals surface area (Å²) in [4.78, 5) is 16.5. The molecule has 3 N–H and O–H groups in total. The average molecular weight is 265 g/mol. The van der Waals surface area contributed by atoms with Gasteiger partial charge in [0.1, 0.15) is 11.9 Å². The molecule has 104 valence electrons. The summed E-state index contributed by atoms with van der Waals surface area (Å²) in [6, 6.07) is 0. The highest BCUT2D eigenvalue weighted by Crippen LogP contribution is 2.28. The number of rotatable bonds is 5. The molecule has 2 rings (SSSR count). The lowest BCUT2D eigenvalue weighted by Gasteiger charge is -2.26. The molecule has 0 aromatic carbocycles. The number of aromatic nitrogens is 1. The molecule has 0 radical (unpaired) electrons. The van der Waals surface area contributed by atoms with Gasteiger partial charge >= 0.3 is 5.69 Å². The fourth-order valence-electron chi connectivity index (χ4n) is 2.32. The number of nitrogens with two attached hydrogens (primary N) is 1. The number of hydrogen-bond acceptors (Lipinski definition) is 6. The molecule has 1 aromatic heterocycles. The van der Waals surface area contributed by atoms with Crippen molar-refractivity contribution in [3.8, 4) is 0 Å². The van der Waals surface area contributed by atoms with Gasteiger partial charge in [0, 0.05) is 13.1 Å². The van der Waals surface area contributed by atoms with Gasteiger partial charge in [-0.1, -0.05) is 6.42 Å². The Morgan fingerprint density at radius 1 is 1.37 bits per heavy atom. The van der Waals surface area contributed by atoms with Gasteiger partial charge in [-0.05, 0) is 25.9 Å². The first-order valence-electron chi connectivity index (χ1n) is 6.52. The van der Waals surface area contributed by atoms with Gasteiger partial charge in [0.15, 0.2) is 0 Å². The van der Waals surface area contributed by atoms with Crippen LogP contribution in [0.1, 0.15) is 19.3 Å². The fourth-order valence-corrected chi connectivity index (χ4v) is 2.32. The van der Waals surface area contributed by atoms with E-state index < -0.39 is 4.92 Å². The smallest absolute Gasteiger partial charge is 0.312 e. The lowest BCUT2D eigenvalue weighted by molar-refractivity contribution is -0.384. The number of hydrogen-bond donors (Lipinski definition) is 2. The van der Waals surface area contributed by atoms with Crippen molar-refractivity contribution in [2.75, 3.05) is 37.2 Å². The topological polar surface area (TPSA) is 97.3 Å². The van der Waals surface area contributed by atoms with Gasteiger partial charge in [0.25, 0.3) is 0 Å². The molecular weight excluding hydrogens is 246 g/mol. The minimum absolute atomic E-state index is 0.0707. The summed E-state index contributed by atoms with van der Waals surface area (Å²) in [6.45, 7) is 3.74. The molecule has 1 saturated heterocycles. The van der Waals surface area contributed by atoms with Gasteiger partial charge in [-0.3, -0.25) is 15.1 Å². The number of nitrogens with zero attached hydrogens (tertiary/aromatic N) is 3. The van der Waals surface area contributed by atoms with Crippen LogP contribution in [0.5, 0.6) is 0 Å². The van der Waals surface area contributed by atoms with E-state index in [0.717, 1.165) is 19.6 Å². The van der Waals surface area contributed by atoms with Crippen molar-refractivity contribution in [3.63, 3.8) is 0 Å². The molecule has 19 heavy (non-hydrogen) atoms. The number of nitro groups is 1. The van der Waals surface area contributed by atoms with Gasteiger partial charge in [-0.25, -0.2) is 0 Å². The van der Waals surface area contributed by atoms with Crippen molar-refractivity contribution in [2.24, 2.45) is 0 Å². The van der Waals surface area contributed by atoms with E-state index in [4.69, 9.17) is 5.73 Å². The zero-order valence-electron chi connectivity index (χ0n) is 10.8. The Morgan fingerprint density at radius 3 is 2.79 bits per heavy atom. The molecule has 1 fully saturated rings. The molecule has 2 heterocycles. The molecule has 7 heteroatoms. The van der Waals surface area contributed by atoms with Gasteiger partial charge in [-0.15, -0.1) is 0 Å². The van der Waals surface area contributed by atoms with E-state index in [2.05, 4.69) is 15.2 Å². The van der Waals surface area contributed by atoms with Crippen molar-refractivity contribution in [1.82, 2.24) is 9.88 Å². The van der Waals surface area contributed by atoms with E-state index in [1.165, 1.54) is 31.7 Å². The fraction of sp³-hybridized carbons (Fsp3) is 0.583. The van der Waals surface area contributed by atoms with E-state index >= 15 is 0 Å². The Labute approximate surface area is 112 Å². The number of pyridine rings is 1. The number of piperidine rings is 1. The van der Waals surface area contributed by atoms with Crippen LogP contribution in [0.2, 0.25) is 0 Å². The summed E-state index contributed by atoms with van der Waals surface area (Å²) in [5.41, 5.74) is 6.35. The monoisotopic (exact) mass is 265 g/mol. The van der Waals surface area contributed by atoms with E-state index in [9.17, 15) is 10.1 Å². The lowest BCUT2D eigenvalue weighted by atomic mass is 10.1. The molecule has 0 spiro atoms. The molecular formula is C12H19N5O2. The highest BCUT2D eigenvalue weighted by Gasteiger charge is 2.17. The highest BCUT2D eigenvalue weighted by molar-refractivity contribution is 5.75. The first-order chi connectivity index (χ1) is 9.18. The molecule has 1 aromatic rings. The third-order valence-corrected chi connectivity index (χ3v) is 3.33. The number of anilines is 2. The second-order valence-corrected chi connectivity index (χ2v) is 4.71. The number of likely N-dealkylation sites (tertiary alicyclic amines) is 1. The minimum atomic E-state index is -0.466. The average Bonchev–Trinajstić information content (AvgIpc) is 2.41. The zero-order chi connectivity index (χ0) is 13.7. The van der Waals surface area contributed by atoms with Gasteiger partial charge in [0.05, 0.1) is 16.8 Å². The molecule has 0 bridgehead atoms. The number of nitrogen functional groups attached to an aromatic ring is 1. The molecule has 1 aliphatic rings. The Hall–Kier alpha value is -1.89. The molecule has 0 atom stereocenters. The molecule has 0 aliphatic carbocycles.